The summed E-state index contributed by atoms with van der Waals surface area (Å²) >= 11 is 9.76. The highest BCUT2D eigenvalue weighted by Gasteiger charge is 2.27. The predicted octanol–water partition coefficient (Wildman–Crippen LogP) is 7.13. The summed E-state index contributed by atoms with van der Waals surface area (Å²) in [4.78, 5) is 30.3. The Morgan fingerprint density at radius 1 is 0.971 bits per heavy atom. The van der Waals surface area contributed by atoms with Gasteiger partial charge in [-0.1, -0.05) is 41.9 Å². The molecule has 1 aliphatic rings. The minimum atomic E-state index is -0.216. The highest BCUT2D eigenvalue weighted by molar-refractivity contribution is 7.98. The normalized spacial score (nSPS) is 12.5. The fourth-order valence-electron chi connectivity index (χ4n) is 4.14. The van der Waals surface area contributed by atoms with Gasteiger partial charge >= 0.3 is 0 Å². The molecule has 0 spiro atoms. The number of nitrogens with one attached hydrogen (secondary N) is 1. The number of carbonyl (C=O) groups is 2. The average molecular weight is 505 g/mol. The van der Waals surface area contributed by atoms with Crippen molar-refractivity contribution in [1.29, 1.82) is 0 Å². The summed E-state index contributed by atoms with van der Waals surface area (Å²) in [5.41, 5.74) is 4.80. The van der Waals surface area contributed by atoms with Crippen LogP contribution >= 0.6 is 34.7 Å². The van der Waals surface area contributed by atoms with Crippen LogP contribution < -0.4 is 10.2 Å². The lowest BCUT2D eigenvalue weighted by Crippen LogP contribution is -2.30. The van der Waals surface area contributed by atoms with Crippen molar-refractivity contribution in [2.45, 2.75) is 17.9 Å². The summed E-state index contributed by atoms with van der Waals surface area (Å²) in [7, 11) is 0. The summed E-state index contributed by atoms with van der Waals surface area (Å²) in [6.45, 7) is 0.503. The standard InChI is InChI=1S/C27H21ClN2O2S2/c1-33-24-9-5-3-7-21(24)26(31)29-19-10-11-20(22(28)15-19)27(32)30-16-25-18(12-13-34-25)14-17-6-2-4-8-23(17)30/h2-13,15H,14,16H2,1H3,(H,29,31). The van der Waals surface area contributed by atoms with E-state index in [1.807, 2.05) is 42.7 Å². The predicted molar refractivity (Wildman–Crippen MR) is 142 cm³/mol. The van der Waals surface area contributed by atoms with Crippen LogP contribution in [0.2, 0.25) is 5.02 Å². The second kappa shape index (κ2) is 9.66. The van der Waals surface area contributed by atoms with E-state index < -0.39 is 0 Å². The second-order valence-corrected chi connectivity index (χ2v) is 10.2. The van der Waals surface area contributed by atoms with Crippen LogP contribution in [0.5, 0.6) is 0 Å². The highest BCUT2D eigenvalue weighted by atomic mass is 35.5. The van der Waals surface area contributed by atoms with E-state index in [0.29, 0.717) is 28.4 Å². The molecule has 0 unspecified atom stereocenters. The maximum atomic E-state index is 13.7. The van der Waals surface area contributed by atoms with E-state index in [4.69, 9.17) is 11.6 Å². The number of amides is 2. The van der Waals surface area contributed by atoms with E-state index in [0.717, 1.165) is 22.6 Å². The van der Waals surface area contributed by atoms with Crippen LogP contribution in [0.4, 0.5) is 11.4 Å². The van der Waals surface area contributed by atoms with E-state index in [1.165, 1.54) is 22.2 Å². The molecule has 0 saturated carbocycles. The lowest BCUT2D eigenvalue weighted by atomic mass is 10.1. The van der Waals surface area contributed by atoms with Crippen molar-refractivity contribution in [3.05, 3.63) is 110 Å². The summed E-state index contributed by atoms with van der Waals surface area (Å²) in [5.74, 6) is -0.379. The molecule has 2 amide bonds. The molecule has 5 rings (SSSR count). The Morgan fingerprint density at radius 2 is 1.76 bits per heavy atom. The smallest absolute Gasteiger partial charge is 0.260 e. The maximum Gasteiger partial charge on any atom is 0.260 e. The molecule has 170 valence electrons. The zero-order valence-corrected chi connectivity index (χ0v) is 20.8. The number of para-hydroxylation sites is 1. The highest BCUT2D eigenvalue weighted by Crippen LogP contribution is 2.35. The van der Waals surface area contributed by atoms with E-state index in [2.05, 4.69) is 22.8 Å². The van der Waals surface area contributed by atoms with Gasteiger partial charge in [-0.2, -0.15) is 0 Å². The first kappa shape index (κ1) is 22.7. The molecular weight excluding hydrogens is 484 g/mol. The SMILES string of the molecule is CSc1ccccc1C(=O)Nc1ccc(C(=O)N2Cc3sccc3Cc3ccccc32)c(Cl)c1. The number of carbonyl (C=O) groups excluding carboxylic acids is 2. The lowest BCUT2D eigenvalue weighted by Gasteiger charge is -2.23. The molecule has 1 aliphatic heterocycles. The van der Waals surface area contributed by atoms with Crippen molar-refractivity contribution in [2.75, 3.05) is 16.5 Å². The van der Waals surface area contributed by atoms with Crippen LogP contribution in [0.1, 0.15) is 36.7 Å². The zero-order valence-electron chi connectivity index (χ0n) is 18.4. The van der Waals surface area contributed by atoms with Crippen LogP contribution in [0, 0.1) is 0 Å². The second-order valence-electron chi connectivity index (χ2n) is 7.91. The van der Waals surface area contributed by atoms with Crippen molar-refractivity contribution < 1.29 is 9.59 Å². The number of nitrogens with zero attached hydrogens (tertiary/aromatic N) is 1. The molecule has 1 N–H and O–H groups in total. The number of thioether (sulfide) groups is 1. The Kier molecular flexibility index (Phi) is 6.46. The quantitative estimate of drug-likeness (QED) is 0.301. The largest absolute Gasteiger partial charge is 0.322 e. The van der Waals surface area contributed by atoms with Gasteiger partial charge in [-0.25, -0.2) is 0 Å². The molecule has 0 radical (unpaired) electrons. The van der Waals surface area contributed by atoms with Gasteiger partial charge in [0.05, 0.1) is 22.7 Å². The van der Waals surface area contributed by atoms with Gasteiger partial charge in [-0.3, -0.25) is 9.59 Å². The van der Waals surface area contributed by atoms with E-state index >= 15 is 0 Å². The van der Waals surface area contributed by atoms with Gasteiger partial charge in [0.2, 0.25) is 0 Å². The molecule has 4 nitrogen and oxygen atoms in total. The van der Waals surface area contributed by atoms with E-state index in [-0.39, 0.29) is 11.8 Å². The molecule has 7 heteroatoms. The third-order valence-electron chi connectivity index (χ3n) is 5.86. The van der Waals surface area contributed by atoms with Crippen molar-refractivity contribution in [3.63, 3.8) is 0 Å². The molecule has 0 saturated heterocycles. The molecule has 34 heavy (non-hydrogen) atoms. The van der Waals surface area contributed by atoms with Crippen LogP contribution in [0.25, 0.3) is 0 Å². The molecule has 2 heterocycles. The van der Waals surface area contributed by atoms with Gasteiger partial charge in [0.1, 0.15) is 0 Å². The fraction of sp³-hybridized carbons (Fsp3) is 0.111. The van der Waals surface area contributed by atoms with Crippen LogP contribution in [0.3, 0.4) is 0 Å². The summed E-state index contributed by atoms with van der Waals surface area (Å²) in [6.07, 6.45) is 2.73. The number of anilines is 2. The number of thiophene rings is 1. The number of hydrogen-bond acceptors (Lipinski definition) is 4. The van der Waals surface area contributed by atoms with E-state index in [9.17, 15) is 9.59 Å². The third kappa shape index (κ3) is 4.37. The average Bonchev–Trinajstić information content (AvgIpc) is 3.22. The summed E-state index contributed by atoms with van der Waals surface area (Å²) in [5, 5.41) is 5.27. The monoisotopic (exact) mass is 504 g/mol. The Bertz CT molecular complexity index is 1400. The van der Waals surface area contributed by atoms with Gasteiger partial charge in [0, 0.05) is 27.6 Å². The molecule has 1 aromatic heterocycles. The zero-order chi connectivity index (χ0) is 23.7. The summed E-state index contributed by atoms with van der Waals surface area (Å²) < 4.78 is 0. The van der Waals surface area contributed by atoms with E-state index in [1.54, 1.807) is 40.5 Å². The number of benzene rings is 3. The first-order valence-electron chi connectivity index (χ1n) is 10.7. The molecule has 0 fully saturated rings. The van der Waals surface area contributed by atoms with Crippen molar-refractivity contribution in [1.82, 2.24) is 0 Å². The maximum absolute atomic E-state index is 13.7. The van der Waals surface area contributed by atoms with Gasteiger partial charge < -0.3 is 10.2 Å². The molecule has 0 bridgehead atoms. The van der Waals surface area contributed by atoms with Crippen molar-refractivity contribution in [3.8, 4) is 0 Å². The fourth-order valence-corrected chi connectivity index (χ4v) is 5.89. The first-order chi connectivity index (χ1) is 16.5. The molecule has 0 aliphatic carbocycles. The van der Waals surface area contributed by atoms with Crippen molar-refractivity contribution in [2.24, 2.45) is 0 Å². The summed E-state index contributed by atoms with van der Waals surface area (Å²) in [6, 6.07) is 22.6. The Balaban J connectivity index is 1.43. The number of rotatable bonds is 4. The van der Waals surface area contributed by atoms with Gasteiger partial charge in [0.25, 0.3) is 11.8 Å². The van der Waals surface area contributed by atoms with Crippen LogP contribution in [-0.2, 0) is 13.0 Å². The Morgan fingerprint density at radius 3 is 2.59 bits per heavy atom. The van der Waals surface area contributed by atoms with Gasteiger partial charge in [-0.15, -0.1) is 23.1 Å². The lowest BCUT2D eigenvalue weighted by molar-refractivity contribution is 0.0984. The van der Waals surface area contributed by atoms with Gasteiger partial charge in [0.15, 0.2) is 0 Å². The topological polar surface area (TPSA) is 49.4 Å². The van der Waals surface area contributed by atoms with Crippen LogP contribution in [0.15, 0.2) is 83.1 Å². The first-order valence-corrected chi connectivity index (χ1v) is 13.2. The molecule has 3 aromatic carbocycles. The molecule has 4 aromatic rings. The van der Waals surface area contributed by atoms with Crippen LogP contribution in [-0.4, -0.2) is 18.1 Å². The molecular formula is C27H21ClN2O2S2. The van der Waals surface area contributed by atoms with Crippen molar-refractivity contribution >= 4 is 57.9 Å². The number of hydrogen-bond donors (Lipinski definition) is 1. The minimum Gasteiger partial charge on any atom is -0.322 e. The molecule has 0 atom stereocenters. The third-order valence-corrected chi connectivity index (χ3v) is 7.91. The number of fused-ring (bicyclic) bond motifs is 2. The van der Waals surface area contributed by atoms with Gasteiger partial charge in [-0.05, 0) is 65.2 Å². The Labute approximate surface area is 211 Å². The Hall–Kier alpha value is -3.06. The minimum absolute atomic E-state index is 0.163. The number of halogens is 1.